The molecule has 0 aliphatic carbocycles. The minimum atomic E-state index is -4.76. The lowest BCUT2D eigenvalue weighted by atomic mass is 10.1. The van der Waals surface area contributed by atoms with Crippen LogP contribution < -0.4 is 4.90 Å². The van der Waals surface area contributed by atoms with Crippen LogP contribution in [0.2, 0.25) is 0 Å². The molecule has 0 unspecified atom stereocenters. The van der Waals surface area contributed by atoms with Crippen LogP contribution >= 0.6 is 35.7 Å². The molecule has 1 aromatic carbocycles. The van der Waals surface area contributed by atoms with Crippen LogP contribution in [0.5, 0.6) is 0 Å². The number of carboxylic acid groups (broad SMARTS) is 1. The van der Waals surface area contributed by atoms with Gasteiger partial charge >= 0.3 is 12.1 Å². The van der Waals surface area contributed by atoms with Crippen molar-refractivity contribution in [2.75, 3.05) is 18.0 Å². The van der Waals surface area contributed by atoms with Crippen LogP contribution in [0.4, 0.5) is 24.5 Å². The Kier molecular flexibility index (Phi) is 6.34. The number of hydrogen-bond donors (Lipinski definition) is 1. The number of thiocarbonyl (C=S) groups is 1. The number of hydrogen-bond acceptors (Lipinski definition) is 8. The minimum absolute atomic E-state index is 0.0482. The Hall–Kier alpha value is -2.58. The summed E-state index contributed by atoms with van der Waals surface area (Å²) in [5.74, 6) is -1.84. The van der Waals surface area contributed by atoms with E-state index in [9.17, 15) is 32.9 Å². The number of allylic oxidation sites excluding steroid dienone is 2. The monoisotopic (exact) mass is 491 g/mol. The van der Waals surface area contributed by atoms with Gasteiger partial charge in [0.1, 0.15) is 15.8 Å². The van der Waals surface area contributed by atoms with Crippen molar-refractivity contribution in [2.24, 2.45) is 0 Å². The van der Waals surface area contributed by atoms with E-state index in [-0.39, 0.29) is 26.4 Å². The molecule has 8 nitrogen and oxygen atoms in total. The number of rotatable bonds is 5. The Labute approximate surface area is 186 Å². The summed E-state index contributed by atoms with van der Waals surface area (Å²) in [5.41, 5.74) is -1.75. The van der Waals surface area contributed by atoms with E-state index >= 15 is 0 Å². The highest BCUT2D eigenvalue weighted by Crippen LogP contribution is 2.52. The van der Waals surface area contributed by atoms with E-state index in [0.717, 1.165) is 34.5 Å². The van der Waals surface area contributed by atoms with Crippen LogP contribution in [0.25, 0.3) is 0 Å². The standard InChI is InChI=1S/C17H12F3N3O5S3/c1-2-21-9-5-8(17(18,19)20)6-10(23(27)28)14(9)31-12(21)4-3-11-15(26)22(7-13(24)25)16(29)30-11/h3-6H,2,7H2,1H3,(H,24,25)/b11-3+,12-4-. The van der Waals surface area contributed by atoms with Crippen molar-refractivity contribution in [3.05, 3.63) is 49.9 Å². The molecule has 2 aliphatic heterocycles. The van der Waals surface area contributed by atoms with E-state index in [0.29, 0.717) is 11.1 Å². The first-order valence-electron chi connectivity index (χ1n) is 8.46. The number of carbonyl (C=O) groups is 2. The van der Waals surface area contributed by atoms with Gasteiger partial charge in [-0.3, -0.25) is 24.6 Å². The van der Waals surface area contributed by atoms with Crippen molar-refractivity contribution in [3.63, 3.8) is 0 Å². The van der Waals surface area contributed by atoms with E-state index in [4.69, 9.17) is 17.3 Å². The molecular weight excluding hydrogens is 479 g/mol. The highest BCUT2D eigenvalue weighted by atomic mass is 32.2. The highest BCUT2D eigenvalue weighted by molar-refractivity contribution is 8.26. The third kappa shape index (κ3) is 4.55. The summed E-state index contributed by atoms with van der Waals surface area (Å²) in [5, 5.41) is 20.6. The number of benzene rings is 1. The average Bonchev–Trinajstić information content (AvgIpc) is 3.15. The molecule has 2 aliphatic rings. The minimum Gasteiger partial charge on any atom is -0.480 e. The normalized spacial score (nSPS) is 19.0. The predicted molar refractivity (Wildman–Crippen MR) is 113 cm³/mol. The van der Waals surface area contributed by atoms with Gasteiger partial charge in [-0.25, -0.2) is 0 Å². The van der Waals surface area contributed by atoms with Crippen molar-refractivity contribution >= 4 is 63.3 Å². The second-order valence-corrected chi connectivity index (χ2v) is 8.84. The Morgan fingerprint density at radius 1 is 1.29 bits per heavy atom. The van der Waals surface area contributed by atoms with Gasteiger partial charge in [0.05, 0.1) is 26.1 Å². The molecule has 1 aromatic rings. The number of fused-ring (bicyclic) bond motifs is 1. The Morgan fingerprint density at radius 3 is 2.52 bits per heavy atom. The van der Waals surface area contributed by atoms with Gasteiger partial charge in [0.25, 0.3) is 11.6 Å². The predicted octanol–water partition coefficient (Wildman–Crippen LogP) is 4.22. The number of nitro groups is 1. The number of thioether (sulfide) groups is 2. The lowest BCUT2D eigenvalue weighted by molar-refractivity contribution is -0.387. The zero-order chi connectivity index (χ0) is 23.1. The summed E-state index contributed by atoms with van der Waals surface area (Å²) >= 11 is 6.81. The summed E-state index contributed by atoms with van der Waals surface area (Å²) < 4.78 is 39.7. The third-order valence-electron chi connectivity index (χ3n) is 4.20. The summed E-state index contributed by atoms with van der Waals surface area (Å²) in [7, 11) is 0. The number of halogens is 3. The number of alkyl halides is 3. The van der Waals surface area contributed by atoms with Crippen molar-refractivity contribution < 1.29 is 32.8 Å². The van der Waals surface area contributed by atoms with E-state index in [2.05, 4.69) is 0 Å². The fourth-order valence-corrected chi connectivity index (χ4v) is 5.25. The number of carbonyl (C=O) groups excluding carboxylic acids is 1. The van der Waals surface area contributed by atoms with Crippen LogP contribution in [-0.4, -0.2) is 44.2 Å². The lowest BCUT2D eigenvalue weighted by Gasteiger charge is -2.18. The first-order valence-corrected chi connectivity index (χ1v) is 10.5. The van der Waals surface area contributed by atoms with Gasteiger partial charge in [0.2, 0.25) is 0 Å². The van der Waals surface area contributed by atoms with Gasteiger partial charge in [-0.05, 0) is 25.1 Å². The van der Waals surface area contributed by atoms with Gasteiger partial charge in [-0.2, -0.15) is 13.2 Å². The lowest BCUT2D eigenvalue weighted by Crippen LogP contribution is -2.33. The number of carboxylic acids is 1. The maximum absolute atomic E-state index is 13.2. The number of anilines is 1. The van der Waals surface area contributed by atoms with Gasteiger partial charge in [-0.1, -0.05) is 35.7 Å². The molecule has 0 radical (unpaired) electrons. The quantitative estimate of drug-likeness (QED) is 0.281. The van der Waals surface area contributed by atoms with Crippen LogP contribution in [-0.2, 0) is 15.8 Å². The molecule has 1 N–H and O–H groups in total. The largest absolute Gasteiger partial charge is 0.480 e. The van der Waals surface area contributed by atoms with E-state index in [1.54, 1.807) is 6.92 Å². The van der Waals surface area contributed by atoms with Crippen molar-refractivity contribution in [3.8, 4) is 0 Å². The summed E-state index contributed by atoms with van der Waals surface area (Å²) in [6.07, 6.45) is -1.94. The summed E-state index contributed by atoms with van der Waals surface area (Å²) in [6, 6.07) is 1.35. The van der Waals surface area contributed by atoms with E-state index in [1.165, 1.54) is 17.1 Å². The SMILES string of the molecule is CCN1/C(=C/C=C2/SC(=S)N(CC(=O)O)C2=O)Sc2c1cc(C(F)(F)F)cc2[N+](=O)[O-]. The van der Waals surface area contributed by atoms with E-state index < -0.39 is 40.8 Å². The number of nitrogens with zero attached hydrogens (tertiary/aromatic N) is 3. The molecule has 1 amide bonds. The maximum Gasteiger partial charge on any atom is 0.416 e. The molecule has 2 heterocycles. The van der Waals surface area contributed by atoms with Crippen molar-refractivity contribution in [2.45, 2.75) is 18.0 Å². The van der Waals surface area contributed by atoms with E-state index in [1.807, 2.05) is 0 Å². The fraction of sp³-hybridized carbons (Fsp3) is 0.235. The third-order valence-corrected chi connectivity index (χ3v) is 6.78. The van der Waals surface area contributed by atoms with Crippen LogP contribution in [0.3, 0.4) is 0 Å². The maximum atomic E-state index is 13.2. The average molecular weight is 491 g/mol. The molecule has 164 valence electrons. The molecule has 0 aromatic heterocycles. The zero-order valence-corrected chi connectivity index (χ0v) is 18.0. The molecular formula is C17H12F3N3O5S3. The second-order valence-electron chi connectivity index (χ2n) is 6.13. The van der Waals surface area contributed by atoms with Gasteiger partial charge in [-0.15, -0.1) is 0 Å². The summed E-state index contributed by atoms with van der Waals surface area (Å²) in [4.78, 5) is 36.3. The topological polar surface area (TPSA) is 104 Å². The Morgan fingerprint density at radius 2 is 1.97 bits per heavy atom. The van der Waals surface area contributed by atoms with Crippen molar-refractivity contribution in [1.29, 1.82) is 0 Å². The van der Waals surface area contributed by atoms with Gasteiger partial charge < -0.3 is 10.0 Å². The van der Waals surface area contributed by atoms with Crippen LogP contribution in [0, 0.1) is 10.1 Å². The number of amides is 1. The first-order chi connectivity index (χ1) is 14.4. The molecule has 0 bridgehead atoms. The highest BCUT2D eigenvalue weighted by Gasteiger charge is 2.39. The zero-order valence-electron chi connectivity index (χ0n) is 15.5. The molecule has 31 heavy (non-hydrogen) atoms. The first kappa shape index (κ1) is 23.1. The van der Waals surface area contributed by atoms with Crippen LogP contribution in [0.1, 0.15) is 12.5 Å². The summed E-state index contributed by atoms with van der Waals surface area (Å²) in [6.45, 7) is 1.30. The molecule has 0 saturated carbocycles. The molecule has 3 rings (SSSR count). The molecule has 1 saturated heterocycles. The smallest absolute Gasteiger partial charge is 0.416 e. The fourth-order valence-electron chi connectivity index (χ4n) is 2.86. The molecule has 1 fully saturated rings. The molecule has 14 heteroatoms. The number of nitro benzene ring substituents is 1. The molecule has 0 atom stereocenters. The Balaban J connectivity index is 1.99. The van der Waals surface area contributed by atoms with Crippen molar-refractivity contribution in [1.82, 2.24) is 4.90 Å². The number of aliphatic carboxylic acids is 1. The van der Waals surface area contributed by atoms with Gasteiger partial charge in [0.15, 0.2) is 0 Å². The molecule has 0 spiro atoms. The van der Waals surface area contributed by atoms with Crippen LogP contribution in [0.15, 0.2) is 39.1 Å². The second kappa shape index (κ2) is 8.51. The van der Waals surface area contributed by atoms with Gasteiger partial charge in [0, 0.05) is 12.6 Å². The Bertz CT molecular complexity index is 1070.